The van der Waals surface area contributed by atoms with Crippen LogP contribution < -0.4 is 16.9 Å². The number of methoxy groups -OCH3 is 1. The van der Waals surface area contributed by atoms with Crippen molar-refractivity contribution in [3.05, 3.63) is 79.0 Å². The van der Waals surface area contributed by atoms with Crippen molar-refractivity contribution in [1.29, 1.82) is 0 Å². The zero-order valence-corrected chi connectivity index (χ0v) is 18.7. The lowest BCUT2D eigenvalue weighted by Gasteiger charge is -2.16. The molecular weight excluding hydrogens is 441 g/mol. The Labute approximate surface area is 188 Å². The molecule has 2 heterocycles. The van der Waals surface area contributed by atoms with Gasteiger partial charge in [-0.05, 0) is 41.3 Å². The molecule has 0 saturated heterocycles. The van der Waals surface area contributed by atoms with Gasteiger partial charge in [0, 0.05) is 37.6 Å². The number of hydrogen-bond acceptors (Lipinski definition) is 5. The number of esters is 1. The average Bonchev–Trinajstić information content (AvgIpc) is 2.73. The average molecular weight is 462 g/mol. The monoisotopic (exact) mass is 461 g/mol. The molecule has 2 aromatic heterocycles. The van der Waals surface area contributed by atoms with E-state index in [1.165, 1.54) is 28.6 Å². The molecule has 0 aliphatic carbocycles. The second kappa shape index (κ2) is 9.09. The highest BCUT2D eigenvalue weighted by Crippen LogP contribution is 2.30. The minimum Gasteiger partial charge on any atom is -0.468 e. The van der Waals surface area contributed by atoms with Crippen LogP contribution in [-0.4, -0.2) is 28.3 Å². The van der Waals surface area contributed by atoms with E-state index >= 15 is 0 Å². The van der Waals surface area contributed by atoms with Gasteiger partial charge in [-0.2, -0.15) is 0 Å². The van der Waals surface area contributed by atoms with E-state index in [0.29, 0.717) is 37.9 Å². The first-order chi connectivity index (χ1) is 14.6. The maximum absolute atomic E-state index is 12.9. The predicted molar refractivity (Wildman–Crippen MR) is 122 cm³/mol. The second-order valence-corrected chi connectivity index (χ2v) is 8.05. The fraction of sp³-hybridized carbons (Fsp3) is 0.227. The molecule has 0 radical (unpaired) electrons. The number of nitrogens with two attached hydrogens (primary N) is 1. The van der Waals surface area contributed by atoms with Crippen LogP contribution in [0.5, 0.6) is 0 Å². The van der Waals surface area contributed by atoms with Gasteiger partial charge in [-0.1, -0.05) is 35.3 Å². The molecule has 3 aromatic rings. The molecule has 0 unspecified atom stereocenters. The van der Waals surface area contributed by atoms with E-state index in [0.717, 1.165) is 0 Å². The lowest BCUT2D eigenvalue weighted by molar-refractivity contribution is -0.142. The molecule has 31 heavy (non-hydrogen) atoms. The van der Waals surface area contributed by atoms with Gasteiger partial charge in [0.05, 0.1) is 17.2 Å². The van der Waals surface area contributed by atoms with Gasteiger partial charge in [-0.25, -0.2) is 0 Å². The standard InChI is InChI=1S/C22H21Cl2N3O4/c1-26-10-14(23)8-17(20(26)28)12-4-5-13(7-19(25)22(30)31-3)16(6-12)18-9-15(24)11-27(2)21(18)29/h4-6,8-11,19H,7,25H2,1-3H3/t19-/m0/s1. The minimum atomic E-state index is -0.920. The van der Waals surface area contributed by atoms with Crippen molar-refractivity contribution in [3.8, 4) is 22.3 Å². The van der Waals surface area contributed by atoms with Crippen molar-refractivity contribution in [2.75, 3.05) is 7.11 Å². The minimum absolute atomic E-state index is 0.130. The number of rotatable bonds is 5. The van der Waals surface area contributed by atoms with Gasteiger partial charge in [0.2, 0.25) is 0 Å². The SMILES string of the molecule is COC(=O)[C@@H](N)Cc1ccc(-c2cc(Cl)cn(C)c2=O)cc1-c1cc(Cl)cn(C)c1=O. The van der Waals surface area contributed by atoms with E-state index in [-0.39, 0.29) is 17.5 Å². The van der Waals surface area contributed by atoms with Crippen molar-refractivity contribution in [1.82, 2.24) is 9.13 Å². The first kappa shape index (κ1) is 22.8. The molecule has 0 aliphatic heterocycles. The third kappa shape index (κ3) is 4.74. The van der Waals surface area contributed by atoms with Crippen molar-refractivity contribution in [2.45, 2.75) is 12.5 Å². The number of hydrogen-bond donors (Lipinski definition) is 1. The van der Waals surface area contributed by atoms with E-state index in [1.54, 1.807) is 44.4 Å². The van der Waals surface area contributed by atoms with Crippen LogP contribution >= 0.6 is 23.2 Å². The Balaban J connectivity index is 2.27. The first-order valence-corrected chi connectivity index (χ1v) is 10.1. The zero-order valence-electron chi connectivity index (χ0n) is 17.2. The molecule has 0 saturated carbocycles. The van der Waals surface area contributed by atoms with Gasteiger partial charge in [0.1, 0.15) is 6.04 Å². The van der Waals surface area contributed by atoms with Crippen molar-refractivity contribution in [3.63, 3.8) is 0 Å². The van der Waals surface area contributed by atoms with Gasteiger partial charge in [-0.15, -0.1) is 0 Å². The van der Waals surface area contributed by atoms with Crippen LogP contribution in [0.3, 0.4) is 0 Å². The van der Waals surface area contributed by atoms with E-state index in [9.17, 15) is 14.4 Å². The van der Waals surface area contributed by atoms with Gasteiger partial charge < -0.3 is 19.6 Å². The predicted octanol–water partition coefficient (Wildman–Crippen LogP) is 2.77. The lowest BCUT2D eigenvalue weighted by Crippen LogP contribution is -2.34. The summed E-state index contributed by atoms with van der Waals surface area (Å²) in [7, 11) is 4.46. The van der Waals surface area contributed by atoms with Gasteiger partial charge in [-0.3, -0.25) is 14.4 Å². The number of ether oxygens (including phenoxy) is 1. The normalized spacial score (nSPS) is 11.9. The number of aromatic nitrogens is 2. The second-order valence-electron chi connectivity index (χ2n) is 7.18. The molecule has 0 amide bonds. The van der Waals surface area contributed by atoms with E-state index in [1.807, 2.05) is 0 Å². The highest BCUT2D eigenvalue weighted by atomic mass is 35.5. The molecule has 1 aromatic carbocycles. The summed E-state index contributed by atoms with van der Waals surface area (Å²) in [4.78, 5) is 37.4. The highest BCUT2D eigenvalue weighted by Gasteiger charge is 2.20. The lowest BCUT2D eigenvalue weighted by atomic mass is 9.92. The molecule has 2 N–H and O–H groups in total. The highest BCUT2D eigenvalue weighted by molar-refractivity contribution is 6.31. The summed E-state index contributed by atoms with van der Waals surface area (Å²) in [5.41, 5.74) is 7.85. The van der Waals surface area contributed by atoms with Crippen molar-refractivity contribution >= 4 is 29.2 Å². The maximum atomic E-state index is 12.9. The number of nitrogens with zero attached hydrogens (tertiary/aromatic N) is 2. The number of halogens is 2. The smallest absolute Gasteiger partial charge is 0.322 e. The molecule has 0 fully saturated rings. The molecule has 0 bridgehead atoms. The summed E-state index contributed by atoms with van der Waals surface area (Å²) in [5, 5.41) is 0.762. The van der Waals surface area contributed by atoms with E-state index in [2.05, 4.69) is 0 Å². The molecule has 1 atom stereocenters. The van der Waals surface area contributed by atoms with Crippen LogP contribution in [0.1, 0.15) is 5.56 Å². The fourth-order valence-corrected chi connectivity index (χ4v) is 3.90. The number of carbonyl (C=O) groups excluding carboxylic acids is 1. The van der Waals surface area contributed by atoms with Crippen LogP contribution in [0.15, 0.2) is 52.3 Å². The number of benzene rings is 1. The van der Waals surface area contributed by atoms with Crippen molar-refractivity contribution in [2.24, 2.45) is 19.8 Å². The Morgan fingerprint density at radius 1 is 0.968 bits per heavy atom. The van der Waals surface area contributed by atoms with Crippen LogP contribution in [0, 0.1) is 0 Å². The summed E-state index contributed by atoms with van der Waals surface area (Å²) < 4.78 is 7.47. The zero-order chi connectivity index (χ0) is 22.9. The summed E-state index contributed by atoms with van der Waals surface area (Å²) in [5.74, 6) is -0.572. The molecule has 162 valence electrons. The Hall–Kier alpha value is -2.87. The molecule has 0 spiro atoms. The topological polar surface area (TPSA) is 96.3 Å². The molecular formula is C22H21Cl2N3O4. The van der Waals surface area contributed by atoms with Crippen LogP contribution in [0.25, 0.3) is 22.3 Å². The summed E-state index contributed by atoms with van der Waals surface area (Å²) in [6.07, 6.45) is 3.15. The van der Waals surface area contributed by atoms with Crippen LogP contribution in [0.4, 0.5) is 0 Å². The van der Waals surface area contributed by atoms with Crippen LogP contribution in [-0.2, 0) is 30.0 Å². The van der Waals surface area contributed by atoms with Gasteiger partial charge >= 0.3 is 5.97 Å². The van der Waals surface area contributed by atoms with Gasteiger partial charge in [0.15, 0.2) is 0 Å². The largest absolute Gasteiger partial charge is 0.468 e. The Morgan fingerprint density at radius 2 is 1.52 bits per heavy atom. The Bertz CT molecular complexity index is 1280. The third-order valence-corrected chi connectivity index (χ3v) is 5.37. The first-order valence-electron chi connectivity index (χ1n) is 9.31. The maximum Gasteiger partial charge on any atom is 0.322 e. The number of aryl methyl sites for hydroxylation is 2. The fourth-order valence-electron chi connectivity index (χ4n) is 3.39. The van der Waals surface area contributed by atoms with Gasteiger partial charge in [0.25, 0.3) is 11.1 Å². The molecule has 7 nitrogen and oxygen atoms in total. The van der Waals surface area contributed by atoms with E-state index in [4.69, 9.17) is 33.7 Å². The third-order valence-electron chi connectivity index (χ3n) is 4.95. The van der Waals surface area contributed by atoms with Crippen molar-refractivity contribution < 1.29 is 9.53 Å². The van der Waals surface area contributed by atoms with Crippen LogP contribution in [0.2, 0.25) is 10.0 Å². The number of pyridine rings is 2. The molecule has 9 heteroatoms. The Morgan fingerprint density at radius 3 is 2.10 bits per heavy atom. The summed E-state index contributed by atoms with van der Waals surface area (Å²) in [6.45, 7) is 0. The Kier molecular flexibility index (Phi) is 6.69. The molecule has 0 aliphatic rings. The summed E-state index contributed by atoms with van der Waals surface area (Å²) in [6, 6.07) is 7.36. The van der Waals surface area contributed by atoms with E-state index < -0.39 is 12.0 Å². The summed E-state index contributed by atoms with van der Waals surface area (Å²) >= 11 is 12.3. The number of carbonyl (C=O) groups is 1. The molecule has 3 rings (SSSR count). The quantitative estimate of drug-likeness (QED) is 0.589.